The Morgan fingerprint density at radius 1 is 1.29 bits per heavy atom. The Kier molecular flexibility index (Phi) is 3.87. The van der Waals surface area contributed by atoms with Crippen molar-refractivity contribution >= 4 is 39.2 Å². The molecule has 0 spiro atoms. The van der Waals surface area contributed by atoms with Crippen molar-refractivity contribution < 1.29 is 0 Å². The van der Waals surface area contributed by atoms with Gasteiger partial charge in [0.25, 0.3) is 5.56 Å². The molecule has 1 aromatic carbocycles. The van der Waals surface area contributed by atoms with E-state index in [1.165, 1.54) is 6.33 Å². The number of benzene rings is 1. The van der Waals surface area contributed by atoms with Crippen LogP contribution < -0.4 is 10.9 Å². The van der Waals surface area contributed by atoms with E-state index in [-0.39, 0.29) is 17.6 Å². The molecule has 0 amide bonds. The summed E-state index contributed by atoms with van der Waals surface area (Å²) in [4.78, 5) is 21.8. The minimum absolute atomic E-state index is 0.0796. The molecule has 1 aliphatic carbocycles. The SMILES string of the molecule is Cc1cccc2cc(C(C)Nc3ncnc4n[nH]c(Cl)c34)n(C3CC3)c(=O)c12. The largest absolute Gasteiger partial charge is 0.361 e. The number of nitrogens with one attached hydrogen (secondary N) is 2. The average molecular weight is 395 g/mol. The van der Waals surface area contributed by atoms with E-state index in [0.29, 0.717) is 22.0 Å². The number of aromatic amines is 1. The van der Waals surface area contributed by atoms with Gasteiger partial charge in [0.15, 0.2) is 5.65 Å². The third kappa shape index (κ3) is 2.65. The van der Waals surface area contributed by atoms with Crippen molar-refractivity contribution in [2.24, 2.45) is 0 Å². The van der Waals surface area contributed by atoms with Crippen LogP contribution in [-0.2, 0) is 0 Å². The van der Waals surface area contributed by atoms with Crippen LogP contribution in [-0.4, -0.2) is 24.7 Å². The minimum Gasteiger partial charge on any atom is -0.361 e. The number of hydrogen-bond acceptors (Lipinski definition) is 5. The van der Waals surface area contributed by atoms with E-state index in [0.717, 1.165) is 34.9 Å². The van der Waals surface area contributed by atoms with E-state index in [2.05, 4.69) is 31.5 Å². The number of aromatic nitrogens is 5. The number of rotatable bonds is 4. The van der Waals surface area contributed by atoms with E-state index < -0.39 is 0 Å². The van der Waals surface area contributed by atoms with Gasteiger partial charge in [-0.2, -0.15) is 5.10 Å². The van der Waals surface area contributed by atoms with Crippen LogP contribution in [0.5, 0.6) is 0 Å². The van der Waals surface area contributed by atoms with Gasteiger partial charge in [-0.25, -0.2) is 9.97 Å². The molecule has 142 valence electrons. The molecule has 28 heavy (non-hydrogen) atoms. The zero-order valence-corrected chi connectivity index (χ0v) is 16.3. The standard InChI is InChI=1S/C20H19ClN6O/c1-10-4-3-5-12-8-14(27(13-6-7-13)20(28)15(10)12)11(2)24-18-16-17(21)25-26-19(16)23-9-22-18/h3-5,8-9,11,13H,6-7H2,1-2H3,(H2,22,23,24,25,26). The van der Waals surface area contributed by atoms with E-state index in [1.54, 1.807) is 0 Å². The smallest absolute Gasteiger partial charge is 0.259 e. The van der Waals surface area contributed by atoms with Crippen LogP contribution in [0.2, 0.25) is 5.15 Å². The van der Waals surface area contributed by atoms with Gasteiger partial charge in [0.1, 0.15) is 22.7 Å². The third-order valence-electron chi connectivity index (χ3n) is 5.33. The summed E-state index contributed by atoms with van der Waals surface area (Å²) in [5.74, 6) is 0.593. The van der Waals surface area contributed by atoms with Crippen molar-refractivity contribution in [3.05, 3.63) is 57.4 Å². The van der Waals surface area contributed by atoms with E-state index in [9.17, 15) is 4.79 Å². The van der Waals surface area contributed by atoms with Gasteiger partial charge in [-0.05, 0) is 43.7 Å². The maximum atomic E-state index is 13.3. The molecule has 0 aliphatic heterocycles. The first-order valence-corrected chi connectivity index (χ1v) is 9.68. The second-order valence-corrected chi connectivity index (χ2v) is 7.72. The monoisotopic (exact) mass is 394 g/mol. The zero-order chi connectivity index (χ0) is 19.4. The Bertz CT molecular complexity index is 1270. The second kappa shape index (κ2) is 6.31. The molecule has 1 unspecified atom stereocenters. The lowest BCUT2D eigenvalue weighted by Crippen LogP contribution is -2.26. The highest BCUT2D eigenvalue weighted by Crippen LogP contribution is 2.37. The first kappa shape index (κ1) is 17.2. The molecule has 3 aromatic heterocycles. The molecule has 1 atom stereocenters. The summed E-state index contributed by atoms with van der Waals surface area (Å²) in [6.07, 6.45) is 3.51. The molecule has 5 rings (SSSR count). The molecule has 0 saturated heterocycles. The summed E-state index contributed by atoms with van der Waals surface area (Å²) < 4.78 is 1.95. The van der Waals surface area contributed by atoms with Gasteiger partial charge in [-0.1, -0.05) is 29.8 Å². The first-order valence-electron chi connectivity index (χ1n) is 9.30. The van der Waals surface area contributed by atoms with Gasteiger partial charge in [0.05, 0.1) is 11.4 Å². The van der Waals surface area contributed by atoms with Gasteiger partial charge in [0, 0.05) is 11.7 Å². The van der Waals surface area contributed by atoms with Crippen molar-refractivity contribution in [1.29, 1.82) is 0 Å². The summed E-state index contributed by atoms with van der Waals surface area (Å²) in [5.41, 5.74) is 2.53. The Labute approximate surface area is 165 Å². The predicted molar refractivity (Wildman–Crippen MR) is 110 cm³/mol. The minimum atomic E-state index is -0.151. The van der Waals surface area contributed by atoms with Crippen LogP contribution in [0.1, 0.15) is 43.1 Å². The topological polar surface area (TPSA) is 88.5 Å². The van der Waals surface area contributed by atoms with Gasteiger partial charge in [-0.15, -0.1) is 0 Å². The van der Waals surface area contributed by atoms with E-state index >= 15 is 0 Å². The van der Waals surface area contributed by atoms with Crippen LogP contribution in [0, 0.1) is 6.92 Å². The fraction of sp³-hybridized carbons (Fsp3) is 0.300. The summed E-state index contributed by atoms with van der Waals surface area (Å²) >= 11 is 6.23. The maximum absolute atomic E-state index is 13.3. The number of aryl methyl sites for hydroxylation is 1. The normalized spacial score (nSPS) is 15.2. The van der Waals surface area contributed by atoms with Gasteiger partial charge < -0.3 is 9.88 Å². The van der Waals surface area contributed by atoms with Crippen LogP contribution in [0.15, 0.2) is 35.4 Å². The lowest BCUT2D eigenvalue weighted by molar-refractivity contribution is 0.636. The maximum Gasteiger partial charge on any atom is 0.259 e. The Balaban J connectivity index is 1.65. The van der Waals surface area contributed by atoms with Crippen LogP contribution in [0.25, 0.3) is 21.8 Å². The first-order chi connectivity index (χ1) is 13.5. The lowest BCUT2D eigenvalue weighted by Gasteiger charge is -2.21. The number of hydrogen-bond donors (Lipinski definition) is 2. The quantitative estimate of drug-likeness (QED) is 0.543. The van der Waals surface area contributed by atoms with Crippen molar-refractivity contribution in [3.63, 3.8) is 0 Å². The molecule has 1 fully saturated rings. The molecular formula is C20H19ClN6O. The van der Waals surface area contributed by atoms with Crippen molar-refractivity contribution in [1.82, 2.24) is 24.7 Å². The van der Waals surface area contributed by atoms with E-state index in [1.807, 2.05) is 36.6 Å². The lowest BCUT2D eigenvalue weighted by atomic mass is 10.0. The number of pyridine rings is 1. The van der Waals surface area contributed by atoms with Gasteiger partial charge in [0.2, 0.25) is 0 Å². The molecule has 1 saturated carbocycles. The molecule has 0 bridgehead atoms. The summed E-state index contributed by atoms with van der Waals surface area (Å²) in [5, 5.41) is 13.0. The van der Waals surface area contributed by atoms with Crippen LogP contribution in [0.3, 0.4) is 0 Å². The summed E-state index contributed by atoms with van der Waals surface area (Å²) in [6, 6.07) is 8.18. The molecule has 0 radical (unpaired) electrons. The molecule has 2 N–H and O–H groups in total. The van der Waals surface area contributed by atoms with Crippen molar-refractivity contribution in [2.75, 3.05) is 5.32 Å². The molecule has 4 aromatic rings. The molecule has 1 aliphatic rings. The number of anilines is 1. The van der Waals surface area contributed by atoms with Crippen molar-refractivity contribution in [3.8, 4) is 0 Å². The Hall–Kier alpha value is -2.93. The van der Waals surface area contributed by atoms with E-state index in [4.69, 9.17) is 11.6 Å². The summed E-state index contributed by atoms with van der Waals surface area (Å²) in [6.45, 7) is 4.01. The predicted octanol–water partition coefficient (Wildman–Crippen LogP) is 4.14. The Morgan fingerprint density at radius 3 is 2.89 bits per heavy atom. The number of halogens is 1. The van der Waals surface area contributed by atoms with Crippen molar-refractivity contribution in [2.45, 2.75) is 38.8 Å². The van der Waals surface area contributed by atoms with Crippen LogP contribution in [0.4, 0.5) is 5.82 Å². The fourth-order valence-corrected chi connectivity index (χ4v) is 4.04. The Morgan fingerprint density at radius 2 is 2.11 bits per heavy atom. The second-order valence-electron chi connectivity index (χ2n) is 7.34. The highest BCUT2D eigenvalue weighted by Gasteiger charge is 2.29. The summed E-state index contributed by atoms with van der Waals surface area (Å²) in [7, 11) is 0. The van der Waals surface area contributed by atoms with Crippen LogP contribution >= 0.6 is 11.6 Å². The molecule has 8 heteroatoms. The van der Waals surface area contributed by atoms with Gasteiger partial charge >= 0.3 is 0 Å². The molecule has 7 nitrogen and oxygen atoms in total. The number of nitrogens with zero attached hydrogens (tertiary/aromatic N) is 4. The average Bonchev–Trinajstić information content (AvgIpc) is 3.44. The highest BCUT2D eigenvalue weighted by molar-refractivity contribution is 6.35. The highest BCUT2D eigenvalue weighted by atomic mass is 35.5. The zero-order valence-electron chi connectivity index (χ0n) is 15.5. The number of fused-ring (bicyclic) bond motifs is 2. The molecule has 3 heterocycles. The fourth-order valence-electron chi connectivity index (χ4n) is 3.82. The number of H-pyrrole nitrogens is 1. The molecular weight excluding hydrogens is 376 g/mol. The van der Waals surface area contributed by atoms with Gasteiger partial charge in [-0.3, -0.25) is 9.89 Å². The third-order valence-corrected chi connectivity index (χ3v) is 5.61.